The number of rotatable bonds is 2. The first kappa shape index (κ1) is 13.3. The van der Waals surface area contributed by atoms with Crippen LogP contribution in [0.5, 0.6) is 0 Å². The Bertz CT molecular complexity index is 655. The molecule has 1 saturated carbocycles. The fraction of sp³-hybridized carbons (Fsp3) is 0.632. The molecule has 22 heavy (non-hydrogen) atoms. The number of hydrogen-bond acceptors (Lipinski definition) is 3. The average Bonchev–Trinajstić information content (AvgIpc) is 2.90. The summed E-state index contributed by atoms with van der Waals surface area (Å²) in [6.07, 6.45) is 3.57. The largest absolute Gasteiger partial charge is 0.396 e. The quantitative estimate of drug-likeness (QED) is 0.911. The van der Waals surface area contributed by atoms with Gasteiger partial charge in [-0.15, -0.1) is 0 Å². The highest BCUT2D eigenvalue weighted by molar-refractivity contribution is 6.07. The Morgan fingerprint density at radius 3 is 3.05 bits per heavy atom. The fourth-order valence-electron chi connectivity index (χ4n) is 6.12. The molecule has 1 N–H and O–H groups in total. The zero-order valence-electron chi connectivity index (χ0n) is 13.2. The molecule has 3 heteroatoms. The monoisotopic (exact) mass is 296 g/mol. The summed E-state index contributed by atoms with van der Waals surface area (Å²) in [5.41, 5.74) is 3.97. The van der Waals surface area contributed by atoms with Crippen LogP contribution >= 0.6 is 0 Å². The molecule has 3 fully saturated rings. The van der Waals surface area contributed by atoms with Crippen molar-refractivity contribution in [3.8, 4) is 0 Å². The summed E-state index contributed by atoms with van der Waals surface area (Å²) in [7, 11) is 0. The van der Waals surface area contributed by atoms with Gasteiger partial charge >= 0.3 is 0 Å². The van der Waals surface area contributed by atoms with Gasteiger partial charge in [-0.1, -0.05) is 31.5 Å². The number of nitrogens with zero attached hydrogens (tertiary/aromatic N) is 2. The van der Waals surface area contributed by atoms with E-state index in [1.807, 2.05) is 0 Å². The summed E-state index contributed by atoms with van der Waals surface area (Å²) >= 11 is 0. The van der Waals surface area contributed by atoms with Gasteiger partial charge in [-0.3, -0.25) is 9.89 Å². The Morgan fingerprint density at radius 2 is 2.23 bits per heavy atom. The fourth-order valence-corrected chi connectivity index (χ4v) is 6.12. The van der Waals surface area contributed by atoms with Crippen LogP contribution in [-0.2, 0) is 5.41 Å². The van der Waals surface area contributed by atoms with Gasteiger partial charge in [-0.2, -0.15) is 0 Å². The van der Waals surface area contributed by atoms with E-state index in [9.17, 15) is 5.11 Å². The van der Waals surface area contributed by atoms with Gasteiger partial charge in [-0.05, 0) is 36.3 Å². The van der Waals surface area contributed by atoms with Crippen molar-refractivity contribution in [1.82, 2.24) is 4.90 Å². The zero-order valence-corrected chi connectivity index (χ0v) is 13.2. The second-order valence-electron chi connectivity index (χ2n) is 7.60. The Balaban J connectivity index is 1.74. The Hall–Kier alpha value is -1.19. The van der Waals surface area contributed by atoms with E-state index in [2.05, 4.69) is 36.1 Å². The predicted molar refractivity (Wildman–Crippen MR) is 87.7 cm³/mol. The smallest absolute Gasteiger partial charge is 0.0671 e. The summed E-state index contributed by atoms with van der Waals surface area (Å²) < 4.78 is 0. The van der Waals surface area contributed by atoms with Crippen LogP contribution in [0.25, 0.3) is 0 Å². The van der Waals surface area contributed by atoms with Crippen LogP contribution in [0.15, 0.2) is 29.3 Å². The van der Waals surface area contributed by atoms with E-state index in [0.29, 0.717) is 24.5 Å². The molecule has 3 bridgehead atoms. The minimum atomic E-state index is 0.0310. The highest BCUT2D eigenvalue weighted by atomic mass is 16.3. The van der Waals surface area contributed by atoms with Gasteiger partial charge in [0.1, 0.15) is 0 Å². The third-order valence-electron chi connectivity index (χ3n) is 7.07. The molecule has 116 valence electrons. The second kappa shape index (κ2) is 4.42. The van der Waals surface area contributed by atoms with Crippen LogP contribution in [-0.4, -0.2) is 41.5 Å². The normalized spacial score (nSPS) is 42.0. The zero-order chi connectivity index (χ0) is 14.9. The Kier molecular flexibility index (Phi) is 2.67. The van der Waals surface area contributed by atoms with Gasteiger partial charge in [0.2, 0.25) is 0 Å². The summed E-state index contributed by atoms with van der Waals surface area (Å²) in [4.78, 5) is 7.76. The molecular weight excluding hydrogens is 272 g/mol. The minimum absolute atomic E-state index is 0.0310. The van der Waals surface area contributed by atoms with Gasteiger partial charge in [0, 0.05) is 42.8 Å². The van der Waals surface area contributed by atoms with Crippen molar-refractivity contribution in [3.63, 3.8) is 0 Å². The molecule has 0 aromatic heterocycles. The Labute approximate surface area is 132 Å². The average molecular weight is 296 g/mol. The maximum atomic E-state index is 10.3. The van der Waals surface area contributed by atoms with Crippen molar-refractivity contribution in [2.24, 2.45) is 22.7 Å². The maximum Gasteiger partial charge on any atom is 0.0671 e. The number of aliphatic hydroxyl groups excluding tert-OH is 1. The second-order valence-corrected chi connectivity index (χ2v) is 7.60. The van der Waals surface area contributed by atoms with E-state index in [0.717, 1.165) is 18.9 Å². The van der Waals surface area contributed by atoms with E-state index in [1.54, 1.807) is 0 Å². The number of aliphatic hydroxyl groups is 1. The topological polar surface area (TPSA) is 35.8 Å². The summed E-state index contributed by atoms with van der Waals surface area (Å²) in [5.74, 6) is 1.75. The number of para-hydroxylation sites is 1. The van der Waals surface area contributed by atoms with Crippen LogP contribution in [0, 0.1) is 17.8 Å². The summed E-state index contributed by atoms with van der Waals surface area (Å²) in [6, 6.07) is 9.20. The third-order valence-corrected chi connectivity index (χ3v) is 7.07. The standard InChI is InChI=1S/C19H24N2O/c1-2-12-10-21-8-7-19-14-5-3-4-6-16(14)20-18(19)17(21)9-13(12)15(19)11-22/h3-6,12-13,15,17,22H,2,7-11H2,1H3/t12-,13+,15+,17+,19+/m1/s1. The van der Waals surface area contributed by atoms with Crippen molar-refractivity contribution < 1.29 is 5.11 Å². The van der Waals surface area contributed by atoms with Crippen molar-refractivity contribution >= 4 is 11.4 Å². The molecule has 2 saturated heterocycles. The van der Waals surface area contributed by atoms with E-state index >= 15 is 0 Å². The van der Waals surface area contributed by atoms with Crippen LogP contribution in [0.3, 0.4) is 0 Å². The molecule has 0 unspecified atom stereocenters. The minimum Gasteiger partial charge on any atom is -0.396 e. The number of hydrogen-bond donors (Lipinski definition) is 1. The molecule has 0 radical (unpaired) electrons. The van der Waals surface area contributed by atoms with Gasteiger partial charge in [0.05, 0.1) is 5.69 Å². The molecule has 5 atom stereocenters. The number of aliphatic imine (C=N–C) groups is 1. The molecule has 0 amide bonds. The van der Waals surface area contributed by atoms with E-state index in [1.165, 1.54) is 36.3 Å². The van der Waals surface area contributed by atoms with Gasteiger partial charge in [-0.25, -0.2) is 0 Å². The number of fused-ring (bicyclic) bond motifs is 2. The molecular formula is C19H24N2O. The lowest BCUT2D eigenvalue weighted by atomic mass is 9.50. The lowest BCUT2D eigenvalue weighted by Crippen LogP contribution is -2.69. The molecule has 1 aliphatic carbocycles. The van der Waals surface area contributed by atoms with Crippen LogP contribution in [0.1, 0.15) is 31.7 Å². The van der Waals surface area contributed by atoms with Crippen molar-refractivity contribution in [3.05, 3.63) is 29.8 Å². The molecule has 3 aliphatic heterocycles. The lowest BCUT2D eigenvalue weighted by Gasteiger charge is -2.61. The van der Waals surface area contributed by atoms with Crippen molar-refractivity contribution in [2.45, 2.75) is 37.6 Å². The van der Waals surface area contributed by atoms with E-state index in [-0.39, 0.29) is 5.41 Å². The van der Waals surface area contributed by atoms with E-state index < -0.39 is 0 Å². The van der Waals surface area contributed by atoms with E-state index in [4.69, 9.17) is 4.99 Å². The molecule has 5 rings (SSSR count). The van der Waals surface area contributed by atoms with Gasteiger partial charge in [0.15, 0.2) is 0 Å². The first-order valence-electron chi connectivity index (χ1n) is 8.83. The Morgan fingerprint density at radius 1 is 1.36 bits per heavy atom. The van der Waals surface area contributed by atoms with Gasteiger partial charge < -0.3 is 5.11 Å². The highest BCUT2D eigenvalue weighted by Crippen LogP contribution is 2.60. The third kappa shape index (κ3) is 1.38. The van der Waals surface area contributed by atoms with Crippen LogP contribution in [0.4, 0.5) is 5.69 Å². The molecule has 1 aromatic rings. The summed E-state index contributed by atoms with van der Waals surface area (Å²) in [5, 5.41) is 10.3. The maximum absolute atomic E-state index is 10.3. The van der Waals surface area contributed by atoms with Gasteiger partial charge in [0.25, 0.3) is 0 Å². The molecule has 1 aromatic carbocycles. The molecule has 3 nitrogen and oxygen atoms in total. The molecule has 0 spiro atoms. The predicted octanol–water partition coefficient (Wildman–Crippen LogP) is 2.75. The molecule has 3 heterocycles. The highest BCUT2D eigenvalue weighted by Gasteiger charge is 2.63. The SMILES string of the molecule is CC[C@@H]1CN2CC[C@]34C(=Nc5ccccc53)[C@@H]2C[C@@H]1[C@@H]4CO. The molecule has 4 aliphatic rings. The number of benzene rings is 1. The lowest BCUT2D eigenvalue weighted by molar-refractivity contribution is -0.0391. The first-order valence-corrected chi connectivity index (χ1v) is 8.83. The first-order chi connectivity index (χ1) is 10.8. The summed E-state index contributed by atoms with van der Waals surface area (Å²) in [6.45, 7) is 4.99. The van der Waals surface area contributed by atoms with Crippen molar-refractivity contribution in [1.29, 1.82) is 0 Å². The van der Waals surface area contributed by atoms with Crippen LogP contribution in [0.2, 0.25) is 0 Å². The number of piperidine rings is 2. The van der Waals surface area contributed by atoms with Crippen molar-refractivity contribution in [2.75, 3.05) is 19.7 Å². The van der Waals surface area contributed by atoms with Crippen LogP contribution < -0.4 is 0 Å².